The van der Waals surface area contributed by atoms with Gasteiger partial charge in [0.25, 0.3) is 0 Å². The Labute approximate surface area is 171 Å². The maximum absolute atomic E-state index is 13.1. The van der Waals surface area contributed by atoms with Gasteiger partial charge in [0.2, 0.25) is 17.6 Å². The van der Waals surface area contributed by atoms with Crippen LogP contribution in [0.15, 0.2) is 28.8 Å². The van der Waals surface area contributed by atoms with E-state index in [4.69, 9.17) is 4.52 Å². The molecule has 1 aromatic carbocycles. The van der Waals surface area contributed by atoms with Crippen molar-refractivity contribution in [1.82, 2.24) is 19.9 Å². The fourth-order valence-corrected chi connectivity index (χ4v) is 4.56. The van der Waals surface area contributed by atoms with Gasteiger partial charge in [0.15, 0.2) is 0 Å². The summed E-state index contributed by atoms with van der Waals surface area (Å²) >= 11 is 0. The van der Waals surface area contributed by atoms with Crippen LogP contribution in [0, 0.1) is 11.7 Å². The molecule has 2 heterocycles. The molecule has 7 heteroatoms. The van der Waals surface area contributed by atoms with Crippen molar-refractivity contribution >= 4 is 5.91 Å². The van der Waals surface area contributed by atoms with Crippen molar-refractivity contribution in [3.63, 3.8) is 0 Å². The van der Waals surface area contributed by atoms with Crippen LogP contribution >= 0.6 is 0 Å². The Morgan fingerprint density at radius 3 is 2.69 bits per heavy atom. The molecular weight excluding hydrogens is 371 g/mol. The van der Waals surface area contributed by atoms with Crippen LogP contribution in [0.5, 0.6) is 0 Å². The van der Waals surface area contributed by atoms with Crippen LogP contribution in [0.4, 0.5) is 4.39 Å². The number of aromatic nitrogens is 2. The molecule has 2 fully saturated rings. The van der Waals surface area contributed by atoms with E-state index >= 15 is 0 Å². The largest absolute Gasteiger partial charge is 0.342 e. The van der Waals surface area contributed by atoms with Gasteiger partial charge in [-0.1, -0.05) is 24.4 Å². The number of hydrogen-bond acceptors (Lipinski definition) is 5. The van der Waals surface area contributed by atoms with Crippen molar-refractivity contribution in [3.8, 4) is 11.4 Å². The zero-order chi connectivity index (χ0) is 20.2. The zero-order valence-electron chi connectivity index (χ0n) is 17.0. The van der Waals surface area contributed by atoms with Gasteiger partial charge in [-0.2, -0.15) is 4.98 Å². The third-order valence-electron chi connectivity index (χ3n) is 6.25. The highest BCUT2D eigenvalue weighted by atomic mass is 19.1. The maximum atomic E-state index is 13.1. The molecule has 1 aromatic heterocycles. The van der Waals surface area contributed by atoms with E-state index < -0.39 is 0 Å². The van der Waals surface area contributed by atoms with Crippen LogP contribution in [-0.4, -0.2) is 52.0 Å². The Morgan fingerprint density at radius 2 is 1.93 bits per heavy atom. The first-order valence-corrected chi connectivity index (χ1v) is 10.7. The number of nitrogens with zero attached hydrogens (tertiary/aromatic N) is 4. The van der Waals surface area contributed by atoms with E-state index in [1.807, 2.05) is 11.9 Å². The summed E-state index contributed by atoms with van der Waals surface area (Å²) in [6, 6.07) is 6.45. The predicted octanol–water partition coefficient (Wildman–Crippen LogP) is 3.88. The number of carbonyl (C=O) groups is 1. The highest BCUT2D eigenvalue weighted by Gasteiger charge is 2.31. The van der Waals surface area contributed by atoms with Gasteiger partial charge in [-0.05, 0) is 56.5 Å². The van der Waals surface area contributed by atoms with E-state index in [9.17, 15) is 9.18 Å². The summed E-state index contributed by atoms with van der Waals surface area (Å²) in [5.41, 5.74) is 0.724. The highest BCUT2D eigenvalue weighted by molar-refractivity contribution is 5.79. The van der Waals surface area contributed by atoms with Gasteiger partial charge < -0.3 is 9.42 Å². The number of benzene rings is 1. The van der Waals surface area contributed by atoms with Crippen LogP contribution in [0.25, 0.3) is 11.4 Å². The third kappa shape index (κ3) is 4.83. The van der Waals surface area contributed by atoms with Crippen LogP contribution in [0.2, 0.25) is 0 Å². The molecule has 0 N–H and O–H groups in total. The molecule has 4 rings (SSSR count). The Hall–Kier alpha value is -2.28. The monoisotopic (exact) mass is 400 g/mol. The molecule has 2 aliphatic rings. The van der Waals surface area contributed by atoms with Gasteiger partial charge in [0.05, 0.1) is 12.5 Å². The molecule has 1 saturated heterocycles. The van der Waals surface area contributed by atoms with Gasteiger partial charge >= 0.3 is 0 Å². The van der Waals surface area contributed by atoms with E-state index in [0.29, 0.717) is 24.3 Å². The molecule has 29 heavy (non-hydrogen) atoms. The van der Waals surface area contributed by atoms with E-state index in [0.717, 1.165) is 44.3 Å². The first kappa shape index (κ1) is 20.0. The Kier molecular flexibility index (Phi) is 6.23. The molecule has 0 radical (unpaired) electrons. The first-order valence-electron chi connectivity index (χ1n) is 10.7. The SMILES string of the molecule is CN(C(=O)C1CCCN(Cc2nc(-c3ccc(F)cc3)no2)C1)C1CCCCC1. The average Bonchev–Trinajstić information content (AvgIpc) is 3.22. The number of halogens is 1. The summed E-state index contributed by atoms with van der Waals surface area (Å²) in [5, 5.41) is 4.01. The van der Waals surface area contributed by atoms with E-state index in [-0.39, 0.29) is 17.6 Å². The topological polar surface area (TPSA) is 62.5 Å². The molecule has 1 aliphatic carbocycles. The number of piperidine rings is 1. The normalized spacial score (nSPS) is 21.2. The molecular formula is C22H29FN4O2. The zero-order valence-corrected chi connectivity index (χ0v) is 17.0. The molecule has 2 aromatic rings. The van der Waals surface area contributed by atoms with Crippen LogP contribution < -0.4 is 0 Å². The predicted molar refractivity (Wildman–Crippen MR) is 107 cm³/mol. The van der Waals surface area contributed by atoms with E-state index in [1.54, 1.807) is 12.1 Å². The highest BCUT2D eigenvalue weighted by Crippen LogP contribution is 2.26. The Balaban J connectivity index is 1.35. The lowest BCUT2D eigenvalue weighted by atomic mass is 9.91. The Bertz CT molecular complexity index is 816. The quantitative estimate of drug-likeness (QED) is 0.762. The van der Waals surface area contributed by atoms with Crippen LogP contribution in [0.1, 0.15) is 50.8 Å². The molecule has 156 valence electrons. The fraction of sp³-hybridized carbons (Fsp3) is 0.591. The second kappa shape index (κ2) is 9.03. The Morgan fingerprint density at radius 1 is 1.17 bits per heavy atom. The molecule has 1 unspecified atom stereocenters. The minimum absolute atomic E-state index is 0.0372. The van der Waals surface area contributed by atoms with Crippen molar-refractivity contribution in [2.75, 3.05) is 20.1 Å². The molecule has 1 atom stereocenters. The summed E-state index contributed by atoms with van der Waals surface area (Å²) in [5.74, 6) is 1.01. The molecule has 6 nitrogen and oxygen atoms in total. The minimum Gasteiger partial charge on any atom is -0.342 e. The van der Waals surface area contributed by atoms with Crippen molar-refractivity contribution in [2.45, 2.75) is 57.5 Å². The summed E-state index contributed by atoms with van der Waals surface area (Å²) in [7, 11) is 1.98. The number of carbonyl (C=O) groups excluding carboxylic acids is 1. The molecule has 0 bridgehead atoms. The molecule has 1 amide bonds. The average molecular weight is 400 g/mol. The first-order chi connectivity index (χ1) is 14.1. The fourth-order valence-electron chi connectivity index (χ4n) is 4.56. The summed E-state index contributed by atoms with van der Waals surface area (Å²) in [6.07, 6.45) is 7.95. The lowest BCUT2D eigenvalue weighted by Gasteiger charge is -2.37. The van der Waals surface area contributed by atoms with Crippen LogP contribution in [0.3, 0.4) is 0 Å². The van der Waals surface area contributed by atoms with Crippen molar-refractivity contribution < 1.29 is 13.7 Å². The standard InChI is InChI=1S/C22H29FN4O2/c1-26(19-7-3-2-4-8-19)22(28)17-6-5-13-27(14-17)15-20-24-21(25-29-20)16-9-11-18(23)12-10-16/h9-12,17,19H,2-8,13-15H2,1H3. The number of likely N-dealkylation sites (tertiary alicyclic amines) is 1. The van der Waals surface area contributed by atoms with Gasteiger partial charge in [0.1, 0.15) is 5.82 Å². The summed E-state index contributed by atoms with van der Waals surface area (Å²) < 4.78 is 18.5. The second-order valence-corrected chi connectivity index (χ2v) is 8.33. The maximum Gasteiger partial charge on any atom is 0.241 e. The minimum atomic E-state index is -0.292. The van der Waals surface area contributed by atoms with Gasteiger partial charge in [-0.15, -0.1) is 0 Å². The second-order valence-electron chi connectivity index (χ2n) is 8.33. The summed E-state index contributed by atoms with van der Waals surface area (Å²) in [6.45, 7) is 2.18. The van der Waals surface area contributed by atoms with Gasteiger partial charge in [-0.3, -0.25) is 9.69 Å². The van der Waals surface area contributed by atoms with Crippen LogP contribution in [-0.2, 0) is 11.3 Å². The molecule has 0 spiro atoms. The number of hydrogen-bond donors (Lipinski definition) is 0. The molecule has 1 saturated carbocycles. The van der Waals surface area contributed by atoms with E-state index in [2.05, 4.69) is 15.0 Å². The van der Waals surface area contributed by atoms with Gasteiger partial charge in [0, 0.05) is 25.2 Å². The van der Waals surface area contributed by atoms with Crippen molar-refractivity contribution in [1.29, 1.82) is 0 Å². The number of amides is 1. The van der Waals surface area contributed by atoms with Crippen molar-refractivity contribution in [3.05, 3.63) is 36.0 Å². The van der Waals surface area contributed by atoms with E-state index in [1.165, 1.54) is 31.4 Å². The lowest BCUT2D eigenvalue weighted by molar-refractivity contribution is -0.138. The number of rotatable bonds is 5. The molecule has 1 aliphatic heterocycles. The lowest BCUT2D eigenvalue weighted by Crippen LogP contribution is -2.47. The summed E-state index contributed by atoms with van der Waals surface area (Å²) in [4.78, 5) is 21.7. The smallest absolute Gasteiger partial charge is 0.241 e. The third-order valence-corrected chi connectivity index (χ3v) is 6.25. The van der Waals surface area contributed by atoms with Gasteiger partial charge in [-0.25, -0.2) is 4.39 Å². The van der Waals surface area contributed by atoms with Crippen molar-refractivity contribution in [2.24, 2.45) is 5.92 Å².